The number of aromatic nitrogens is 1. The van der Waals surface area contributed by atoms with Crippen molar-refractivity contribution in [1.29, 1.82) is 0 Å². The van der Waals surface area contributed by atoms with E-state index in [1.165, 1.54) is 42.5 Å². The molecule has 2 bridgehead atoms. The maximum absolute atomic E-state index is 4.97. The molecule has 1 aromatic heterocycles. The molecule has 2 fully saturated rings. The number of rotatable bonds is 1. The van der Waals surface area contributed by atoms with Crippen LogP contribution in [0.1, 0.15) is 31.2 Å². The fourth-order valence-electron chi connectivity index (χ4n) is 3.93. The van der Waals surface area contributed by atoms with Gasteiger partial charge in [-0.05, 0) is 50.3 Å². The minimum Gasteiger partial charge on any atom is -0.350 e. The Balaban J connectivity index is 1.80. The van der Waals surface area contributed by atoms with Crippen LogP contribution in [0.15, 0.2) is 30.3 Å². The highest BCUT2D eigenvalue weighted by atomic mass is 79.9. The van der Waals surface area contributed by atoms with Crippen LogP contribution in [-0.2, 0) is 0 Å². The van der Waals surface area contributed by atoms with Crippen molar-refractivity contribution in [2.45, 2.75) is 49.5 Å². The van der Waals surface area contributed by atoms with Crippen LogP contribution >= 0.6 is 15.9 Å². The molecule has 2 unspecified atom stereocenters. The lowest BCUT2D eigenvalue weighted by Crippen LogP contribution is -2.44. The van der Waals surface area contributed by atoms with Gasteiger partial charge in [0.2, 0.25) is 0 Å². The van der Waals surface area contributed by atoms with E-state index in [1.807, 2.05) is 0 Å². The van der Waals surface area contributed by atoms with Gasteiger partial charge in [-0.1, -0.05) is 34.1 Å². The molecule has 0 radical (unpaired) electrons. The molecule has 2 saturated heterocycles. The molecular weight excluding hydrogens is 312 g/mol. The monoisotopic (exact) mass is 330 g/mol. The number of anilines is 1. The number of fused-ring (bicyclic) bond motifs is 3. The van der Waals surface area contributed by atoms with Gasteiger partial charge in [-0.3, -0.25) is 0 Å². The number of hydrogen-bond donors (Lipinski definition) is 0. The Morgan fingerprint density at radius 1 is 1.15 bits per heavy atom. The van der Waals surface area contributed by atoms with E-state index >= 15 is 0 Å². The SMILES string of the molecule is Cc1cc2ccccc2nc1N1C2CCC1CC(Br)C2. The normalized spacial score (nSPS) is 29.1. The van der Waals surface area contributed by atoms with E-state index in [-0.39, 0.29) is 0 Å². The van der Waals surface area contributed by atoms with Crippen LogP contribution in [0.3, 0.4) is 0 Å². The first-order valence-corrected chi connectivity index (χ1v) is 8.43. The summed E-state index contributed by atoms with van der Waals surface area (Å²) in [6.45, 7) is 2.20. The summed E-state index contributed by atoms with van der Waals surface area (Å²) in [5.74, 6) is 1.22. The van der Waals surface area contributed by atoms with Gasteiger partial charge in [0.1, 0.15) is 5.82 Å². The number of nitrogens with zero attached hydrogens (tertiary/aromatic N) is 2. The molecule has 1 aromatic carbocycles. The van der Waals surface area contributed by atoms with E-state index in [9.17, 15) is 0 Å². The number of aryl methyl sites for hydroxylation is 1. The zero-order valence-electron chi connectivity index (χ0n) is 11.7. The zero-order valence-corrected chi connectivity index (χ0v) is 13.3. The minimum absolute atomic E-state index is 0.672. The van der Waals surface area contributed by atoms with Crippen molar-refractivity contribution >= 4 is 32.7 Å². The number of piperidine rings is 1. The molecule has 2 aliphatic rings. The highest BCUT2D eigenvalue weighted by molar-refractivity contribution is 9.09. The maximum atomic E-state index is 4.97. The molecule has 2 atom stereocenters. The average Bonchev–Trinajstić information content (AvgIpc) is 2.70. The number of alkyl halides is 1. The van der Waals surface area contributed by atoms with E-state index in [0.717, 1.165) is 5.52 Å². The fourth-order valence-corrected chi connectivity index (χ4v) is 4.79. The lowest BCUT2D eigenvalue weighted by Gasteiger charge is -2.39. The third kappa shape index (κ3) is 1.95. The van der Waals surface area contributed by atoms with Crippen LogP contribution in [-0.4, -0.2) is 21.9 Å². The molecule has 0 saturated carbocycles. The second-order valence-corrected chi connectivity index (χ2v) is 7.48. The largest absolute Gasteiger partial charge is 0.350 e. The number of benzene rings is 1. The highest BCUT2D eigenvalue weighted by Gasteiger charge is 2.41. The predicted molar refractivity (Wildman–Crippen MR) is 87.7 cm³/mol. The first kappa shape index (κ1) is 12.6. The molecule has 2 aliphatic heterocycles. The van der Waals surface area contributed by atoms with Crippen LogP contribution in [0.2, 0.25) is 0 Å². The lowest BCUT2D eigenvalue weighted by molar-refractivity contribution is 0.479. The Bertz CT molecular complexity index is 640. The van der Waals surface area contributed by atoms with Crippen molar-refractivity contribution in [3.05, 3.63) is 35.9 Å². The van der Waals surface area contributed by atoms with E-state index < -0.39 is 0 Å². The molecule has 4 rings (SSSR count). The Hall–Kier alpha value is -1.09. The Kier molecular flexibility index (Phi) is 2.99. The van der Waals surface area contributed by atoms with Crippen molar-refractivity contribution in [2.75, 3.05) is 4.90 Å². The van der Waals surface area contributed by atoms with Gasteiger partial charge in [-0.25, -0.2) is 4.98 Å². The molecule has 3 heteroatoms. The van der Waals surface area contributed by atoms with Crippen molar-refractivity contribution in [2.24, 2.45) is 0 Å². The average molecular weight is 331 g/mol. The summed E-state index contributed by atoms with van der Waals surface area (Å²) >= 11 is 3.82. The van der Waals surface area contributed by atoms with Crippen LogP contribution in [0.25, 0.3) is 10.9 Å². The highest BCUT2D eigenvalue weighted by Crippen LogP contribution is 2.42. The molecular formula is C17H19BrN2. The number of hydrogen-bond acceptors (Lipinski definition) is 2. The van der Waals surface area contributed by atoms with Gasteiger partial charge in [0.05, 0.1) is 5.52 Å². The molecule has 0 amide bonds. The lowest BCUT2D eigenvalue weighted by atomic mass is 10.0. The Labute approximate surface area is 128 Å². The minimum atomic E-state index is 0.672. The van der Waals surface area contributed by atoms with Crippen LogP contribution in [0.4, 0.5) is 5.82 Å². The molecule has 0 N–H and O–H groups in total. The van der Waals surface area contributed by atoms with Crippen molar-refractivity contribution in [3.8, 4) is 0 Å². The molecule has 20 heavy (non-hydrogen) atoms. The third-order valence-electron chi connectivity index (χ3n) is 4.81. The summed E-state index contributed by atoms with van der Waals surface area (Å²) in [7, 11) is 0. The van der Waals surface area contributed by atoms with Crippen molar-refractivity contribution in [3.63, 3.8) is 0 Å². The second-order valence-electron chi connectivity index (χ2n) is 6.18. The second kappa shape index (κ2) is 4.73. The smallest absolute Gasteiger partial charge is 0.132 e. The first-order chi connectivity index (χ1) is 9.72. The summed E-state index contributed by atoms with van der Waals surface area (Å²) < 4.78 is 0. The summed E-state index contributed by atoms with van der Waals surface area (Å²) in [5, 5.41) is 1.25. The zero-order chi connectivity index (χ0) is 13.7. The first-order valence-electron chi connectivity index (χ1n) is 7.51. The topological polar surface area (TPSA) is 16.1 Å². The van der Waals surface area contributed by atoms with Crippen molar-refractivity contribution in [1.82, 2.24) is 4.98 Å². The van der Waals surface area contributed by atoms with Crippen molar-refractivity contribution < 1.29 is 0 Å². The molecule has 0 spiro atoms. The standard InChI is InChI=1S/C17H19BrN2/c1-11-8-12-4-2-3-5-16(12)19-17(11)20-14-6-7-15(20)10-13(18)9-14/h2-5,8,13-15H,6-7,9-10H2,1H3. The quantitative estimate of drug-likeness (QED) is 0.718. The Morgan fingerprint density at radius 2 is 1.85 bits per heavy atom. The van der Waals surface area contributed by atoms with E-state index in [2.05, 4.69) is 58.1 Å². The summed E-state index contributed by atoms with van der Waals surface area (Å²) in [6, 6.07) is 12.1. The van der Waals surface area contributed by atoms with Gasteiger partial charge in [-0.15, -0.1) is 0 Å². The molecule has 104 valence electrons. The summed E-state index contributed by atoms with van der Waals surface area (Å²) in [4.78, 5) is 8.28. The number of pyridine rings is 1. The molecule has 3 heterocycles. The van der Waals surface area contributed by atoms with Crippen LogP contribution in [0, 0.1) is 6.92 Å². The van der Waals surface area contributed by atoms with Gasteiger partial charge in [0.25, 0.3) is 0 Å². The van der Waals surface area contributed by atoms with E-state index in [4.69, 9.17) is 4.98 Å². The van der Waals surface area contributed by atoms with Gasteiger partial charge in [-0.2, -0.15) is 0 Å². The molecule has 2 aromatic rings. The summed E-state index contributed by atoms with van der Waals surface area (Å²) in [5.41, 5.74) is 2.43. The number of para-hydroxylation sites is 1. The predicted octanol–water partition coefficient (Wildman–Crippen LogP) is 4.44. The molecule has 2 nitrogen and oxygen atoms in total. The number of halogens is 1. The van der Waals surface area contributed by atoms with Gasteiger partial charge in [0, 0.05) is 22.3 Å². The van der Waals surface area contributed by atoms with Gasteiger partial charge in [0.15, 0.2) is 0 Å². The van der Waals surface area contributed by atoms with Crippen LogP contribution in [0.5, 0.6) is 0 Å². The fraction of sp³-hybridized carbons (Fsp3) is 0.471. The van der Waals surface area contributed by atoms with E-state index in [0.29, 0.717) is 16.9 Å². The van der Waals surface area contributed by atoms with Gasteiger partial charge < -0.3 is 4.90 Å². The maximum Gasteiger partial charge on any atom is 0.132 e. The van der Waals surface area contributed by atoms with Crippen LogP contribution < -0.4 is 4.90 Å². The third-order valence-corrected chi connectivity index (χ3v) is 5.56. The van der Waals surface area contributed by atoms with Gasteiger partial charge >= 0.3 is 0 Å². The summed E-state index contributed by atoms with van der Waals surface area (Å²) in [6.07, 6.45) is 5.15. The van der Waals surface area contributed by atoms with E-state index in [1.54, 1.807) is 0 Å². The Morgan fingerprint density at radius 3 is 2.60 bits per heavy atom. The molecule has 0 aliphatic carbocycles.